The Labute approximate surface area is 108 Å². The molecule has 0 aliphatic rings. The summed E-state index contributed by atoms with van der Waals surface area (Å²) in [7, 11) is -3.46. The predicted molar refractivity (Wildman–Crippen MR) is 68.6 cm³/mol. The maximum absolute atomic E-state index is 11.9. The molecule has 2 N–H and O–H groups in total. The van der Waals surface area contributed by atoms with Gasteiger partial charge in [0.05, 0.1) is 6.61 Å². The Morgan fingerprint density at radius 2 is 2.18 bits per heavy atom. The van der Waals surface area contributed by atoms with Crippen LogP contribution in [0.2, 0.25) is 0 Å². The number of hydrogen-bond acceptors (Lipinski definition) is 5. The van der Waals surface area contributed by atoms with Crippen molar-refractivity contribution in [3.05, 3.63) is 39.4 Å². The lowest BCUT2D eigenvalue weighted by atomic mass is 10.4. The molecule has 0 unspecified atom stereocenters. The lowest BCUT2D eigenvalue weighted by Gasteiger charge is -2.02. The second kappa shape index (κ2) is 5.28. The van der Waals surface area contributed by atoms with Gasteiger partial charge in [0.2, 0.25) is 10.0 Å². The lowest BCUT2D eigenvalue weighted by molar-refractivity contribution is 0.282. The molecule has 7 heteroatoms. The Morgan fingerprint density at radius 1 is 1.35 bits per heavy atom. The summed E-state index contributed by atoms with van der Waals surface area (Å²) < 4.78 is 26.5. The molecule has 2 rings (SSSR count). The van der Waals surface area contributed by atoms with Gasteiger partial charge in [0, 0.05) is 11.4 Å². The molecule has 0 radical (unpaired) electrons. The average Bonchev–Trinajstić information content (AvgIpc) is 2.98. The Morgan fingerprint density at radius 3 is 2.76 bits per heavy atom. The van der Waals surface area contributed by atoms with Crippen LogP contribution in [0, 0.1) is 0 Å². The van der Waals surface area contributed by atoms with E-state index < -0.39 is 10.0 Å². The minimum absolute atomic E-state index is 0.142. The third-order valence-electron chi connectivity index (χ3n) is 2.09. The molecule has 0 aliphatic carbocycles. The van der Waals surface area contributed by atoms with E-state index in [0.29, 0.717) is 12.1 Å². The third-order valence-corrected chi connectivity index (χ3v) is 5.86. The fourth-order valence-electron chi connectivity index (χ4n) is 1.23. The number of thiophene rings is 2. The molecule has 0 amide bonds. The van der Waals surface area contributed by atoms with Crippen molar-refractivity contribution < 1.29 is 13.5 Å². The zero-order valence-electron chi connectivity index (χ0n) is 8.79. The fraction of sp³-hybridized carbons (Fsp3) is 0.200. The van der Waals surface area contributed by atoms with Gasteiger partial charge in [-0.3, -0.25) is 0 Å². The molecule has 2 aromatic heterocycles. The van der Waals surface area contributed by atoms with E-state index in [1.165, 1.54) is 17.4 Å². The molecule has 0 aliphatic heterocycles. The van der Waals surface area contributed by atoms with E-state index in [-0.39, 0.29) is 10.8 Å². The normalized spacial score (nSPS) is 11.8. The van der Waals surface area contributed by atoms with E-state index in [4.69, 9.17) is 5.11 Å². The first kappa shape index (κ1) is 12.7. The van der Waals surface area contributed by atoms with E-state index in [0.717, 1.165) is 16.2 Å². The quantitative estimate of drug-likeness (QED) is 0.881. The molecule has 0 atom stereocenters. The molecular formula is C10H11NO3S3. The van der Waals surface area contributed by atoms with E-state index in [9.17, 15) is 8.42 Å². The zero-order valence-corrected chi connectivity index (χ0v) is 11.2. The minimum Gasteiger partial charge on any atom is -0.392 e. The molecule has 0 spiro atoms. The van der Waals surface area contributed by atoms with Crippen LogP contribution in [-0.2, 0) is 23.2 Å². The van der Waals surface area contributed by atoms with Crippen LogP contribution in [-0.4, -0.2) is 13.5 Å². The van der Waals surface area contributed by atoms with Crippen LogP contribution in [0.25, 0.3) is 0 Å². The van der Waals surface area contributed by atoms with Gasteiger partial charge in [-0.2, -0.15) is 0 Å². The smallest absolute Gasteiger partial charge is 0.250 e. The number of aliphatic hydroxyl groups excluding tert-OH is 1. The van der Waals surface area contributed by atoms with Crippen molar-refractivity contribution in [3.63, 3.8) is 0 Å². The second-order valence-corrected chi connectivity index (χ2v) is 7.27. The number of aliphatic hydroxyl groups is 1. The van der Waals surface area contributed by atoms with Crippen LogP contribution >= 0.6 is 22.7 Å². The molecule has 4 nitrogen and oxygen atoms in total. The summed E-state index contributed by atoms with van der Waals surface area (Å²) in [4.78, 5) is 0.965. The van der Waals surface area contributed by atoms with Gasteiger partial charge in [0.25, 0.3) is 0 Å². The molecule has 0 saturated heterocycles. The summed E-state index contributed by atoms with van der Waals surface area (Å²) in [6.45, 7) is 0.156. The predicted octanol–water partition coefficient (Wildman–Crippen LogP) is 1.78. The molecule has 0 bridgehead atoms. The highest BCUT2D eigenvalue weighted by Gasteiger charge is 2.16. The maximum atomic E-state index is 11.9. The first-order valence-corrected chi connectivity index (χ1v) is 8.06. The van der Waals surface area contributed by atoms with Crippen LogP contribution in [0.15, 0.2) is 33.2 Å². The van der Waals surface area contributed by atoms with Crippen LogP contribution < -0.4 is 4.72 Å². The number of rotatable bonds is 5. The van der Waals surface area contributed by atoms with Crippen LogP contribution in [0.1, 0.15) is 10.4 Å². The molecule has 92 valence electrons. The molecular weight excluding hydrogens is 278 g/mol. The summed E-state index contributed by atoms with van der Waals surface area (Å²) in [5.74, 6) is 0. The van der Waals surface area contributed by atoms with Gasteiger partial charge in [0.15, 0.2) is 0 Å². The summed E-state index contributed by atoms with van der Waals surface area (Å²) >= 11 is 2.62. The first-order chi connectivity index (χ1) is 8.12. The van der Waals surface area contributed by atoms with Crippen molar-refractivity contribution in [1.29, 1.82) is 0 Å². The van der Waals surface area contributed by atoms with Gasteiger partial charge in [-0.1, -0.05) is 6.07 Å². The van der Waals surface area contributed by atoms with E-state index in [1.807, 2.05) is 17.5 Å². The monoisotopic (exact) mass is 289 g/mol. The molecule has 0 fully saturated rings. The first-order valence-electron chi connectivity index (χ1n) is 4.82. The van der Waals surface area contributed by atoms with Gasteiger partial charge in [-0.15, -0.1) is 22.7 Å². The zero-order chi connectivity index (χ0) is 12.3. The van der Waals surface area contributed by atoms with Crippen molar-refractivity contribution in [2.75, 3.05) is 0 Å². The second-order valence-electron chi connectivity index (χ2n) is 3.34. The highest BCUT2D eigenvalue weighted by Crippen LogP contribution is 2.20. The van der Waals surface area contributed by atoms with Crippen molar-refractivity contribution in [2.24, 2.45) is 0 Å². The Bertz CT molecular complexity index is 572. The van der Waals surface area contributed by atoms with E-state index >= 15 is 0 Å². The fourth-order valence-corrected chi connectivity index (χ4v) is 4.22. The van der Waals surface area contributed by atoms with Crippen LogP contribution in [0.5, 0.6) is 0 Å². The summed E-state index contributed by atoms with van der Waals surface area (Å²) in [5.41, 5.74) is 0.617. The summed E-state index contributed by atoms with van der Waals surface area (Å²) in [6.07, 6.45) is 0. The summed E-state index contributed by atoms with van der Waals surface area (Å²) in [5, 5.41) is 12.4. The summed E-state index contributed by atoms with van der Waals surface area (Å²) in [6, 6.07) is 5.24. The van der Waals surface area contributed by atoms with E-state index in [2.05, 4.69) is 4.72 Å². The topological polar surface area (TPSA) is 66.4 Å². The van der Waals surface area contributed by atoms with Crippen LogP contribution in [0.4, 0.5) is 0 Å². The number of nitrogens with one attached hydrogen (secondary N) is 1. The highest BCUT2D eigenvalue weighted by molar-refractivity contribution is 7.91. The van der Waals surface area contributed by atoms with E-state index in [1.54, 1.807) is 5.38 Å². The highest BCUT2D eigenvalue weighted by atomic mass is 32.2. The third kappa shape index (κ3) is 3.14. The van der Waals surface area contributed by atoms with Crippen molar-refractivity contribution in [1.82, 2.24) is 4.72 Å². The molecule has 0 saturated carbocycles. The van der Waals surface area contributed by atoms with Crippen molar-refractivity contribution >= 4 is 32.7 Å². The lowest BCUT2D eigenvalue weighted by Crippen LogP contribution is -2.21. The Hall–Kier alpha value is -0.730. The van der Waals surface area contributed by atoms with Gasteiger partial charge in [-0.05, 0) is 28.5 Å². The van der Waals surface area contributed by atoms with Gasteiger partial charge in [-0.25, -0.2) is 13.1 Å². The standard InChI is InChI=1S/C10H11NO3S3/c12-6-8-4-10(16-7-8)17(13,14)11-5-9-2-1-3-15-9/h1-4,7,11-12H,5-6H2. The Balaban J connectivity index is 2.08. The van der Waals surface area contributed by atoms with Crippen molar-refractivity contribution in [3.8, 4) is 0 Å². The van der Waals surface area contributed by atoms with Gasteiger partial charge >= 0.3 is 0 Å². The largest absolute Gasteiger partial charge is 0.392 e. The van der Waals surface area contributed by atoms with Gasteiger partial charge in [0.1, 0.15) is 4.21 Å². The molecule has 0 aromatic carbocycles. The Kier molecular flexibility index (Phi) is 3.95. The SMILES string of the molecule is O=S(=O)(NCc1cccs1)c1cc(CO)cs1. The van der Waals surface area contributed by atoms with Gasteiger partial charge < -0.3 is 5.11 Å². The van der Waals surface area contributed by atoms with Crippen molar-refractivity contribution in [2.45, 2.75) is 17.4 Å². The molecule has 2 heterocycles. The van der Waals surface area contributed by atoms with Crippen LogP contribution in [0.3, 0.4) is 0 Å². The maximum Gasteiger partial charge on any atom is 0.250 e. The average molecular weight is 289 g/mol. The minimum atomic E-state index is -3.46. The molecule has 2 aromatic rings. The number of hydrogen-bond donors (Lipinski definition) is 2. The molecule has 17 heavy (non-hydrogen) atoms. The number of sulfonamides is 1.